The van der Waals surface area contributed by atoms with Crippen molar-refractivity contribution >= 4 is 15.9 Å². The van der Waals surface area contributed by atoms with E-state index < -0.39 is 0 Å². The van der Waals surface area contributed by atoms with Gasteiger partial charge in [-0.3, -0.25) is 0 Å². The Morgan fingerprint density at radius 1 is 1.38 bits per heavy atom. The second-order valence-electron chi connectivity index (χ2n) is 5.17. The van der Waals surface area contributed by atoms with E-state index in [-0.39, 0.29) is 0 Å². The first-order chi connectivity index (χ1) is 10.2. The van der Waals surface area contributed by atoms with E-state index in [2.05, 4.69) is 26.2 Å². The van der Waals surface area contributed by atoms with Crippen LogP contribution in [0.15, 0.2) is 28.9 Å². The zero-order valence-electron chi connectivity index (χ0n) is 12.2. The summed E-state index contributed by atoms with van der Waals surface area (Å²) in [5.74, 6) is 1.52. The number of halogens is 1. The molecule has 1 aromatic heterocycles. The summed E-state index contributed by atoms with van der Waals surface area (Å²) in [7, 11) is 3.66. The normalized spacial score (nSPS) is 17.4. The predicted molar refractivity (Wildman–Crippen MR) is 86.5 cm³/mol. The van der Waals surface area contributed by atoms with Crippen LogP contribution in [0.4, 0.5) is 0 Å². The van der Waals surface area contributed by atoms with E-state index in [1.807, 2.05) is 31.4 Å². The lowest BCUT2D eigenvalue weighted by atomic mass is 9.92. The Morgan fingerprint density at radius 2 is 2.24 bits per heavy atom. The number of hydrogen-bond donors (Lipinski definition) is 1. The third kappa shape index (κ3) is 2.80. The molecule has 110 valence electrons. The molecule has 1 unspecified atom stereocenters. The minimum absolute atomic E-state index is 0.368. The van der Waals surface area contributed by atoms with Gasteiger partial charge in [-0.15, -0.1) is 0 Å². The molecule has 21 heavy (non-hydrogen) atoms. The molecule has 0 bridgehead atoms. The topological polar surface area (TPSA) is 47.0 Å². The summed E-state index contributed by atoms with van der Waals surface area (Å²) in [5, 5.41) is 3.34. The maximum atomic E-state index is 5.43. The Kier molecular flexibility index (Phi) is 4.22. The predicted octanol–water partition coefficient (Wildman–Crippen LogP) is 3.51. The third-order valence-electron chi connectivity index (χ3n) is 3.93. The van der Waals surface area contributed by atoms with Gasteiger partial charge in [0.15, 0.2) is 5.82 Å². The van der Waals surface area contributed by atoms with Gasteiger partial charge in [-0.25, -0.2) is 9.97 Å². The highest BCUT2D eigenvalue weighted by atomic mass is 79.9. The number of methoxy groups -OCH3 is 1. The van der Waals surface area contributed by atoms with Crippen LogP contribution >= 0.6 is 15.9 Å². The molecule has 4 nitrogen and oxygen atoms in total. The minimum Gasteiger partial charge on any atom is -0.496 e. The van der Waals surface area contributed by atoms with Gasteiger partial charge < -0.3 is 10.1 Å². The Balaban J connectivity index is 2.07. The number of hydrogen-bond acceptors (Lipinski definition) is 4. The monoisotopic (exact) mass is 347 g/mol. The summed E-state index contributed by atoms with van der Waals surface area (Å²) in [6, 6.07) is 6.25. The van der Waals surface area contributed by atoms with E-state index in [9.17, 15) is 0 Å². The van der Waals surface area contributed by atoms with Crippen LogP contribution in [0.1, 0.15) is 30.1 Å². The van der Waals surface area contributed by atoms with Gasteiger partial charge in [0.2, 0.25) is 0 Å². The van der Waals surface area contributed by atoms with Crippen molar-refractivity contribution in [3.63, 3.8) is 0 Å². The molecule has 0 saturated heterocycles. The van der Waals surface area contributed by atoms with E-state index in [1.54, 1.807) is 7.11 Å². The zero-order chi connectivity index (χ0) is 14.8. The van der Waals surface area contributed by atoms with Gasteiger partial charge in [-0.2, -0.15) is 0 Å². The lowest BCUT2D eigenvalue weighted by Crippen LogP contribution is -2.22. The van der Waals surface area contributed by atoms with Crippen molar-refractivity contribution in [2.45, 2.75) is 25.3 Å². The molecule has 0 amide bonds. The molecule has 0 radical (unpaired) electrons. The molecule has 5 heteroatoms. The first kappa shape index (κ1) is 14.5. The number of rotatable bonds is 3. The van der Waals surface area contributed by atoms with Crippen LogP contribution in [0.2, 0.25) is 0 Å². The second-order valence-corrected chi connectivity index (χ2v) is 6.09. The fourth-order valence-electron chi connectivity index (χ4n) is 2.83. The van der Waals surface area contributed by atoms with Crippen LogP contribution in [0.3, 0.4) is 0 Å². The summed E-state index contributed by atoms with van der Waals surface area (Å²) >= 11 is 3.50. The Labute approximate surface area is 133 Å². The van der Waals surface area contributed by atoms with Crippen molar-refractivity contribution < 1.29 is 4.74 Å². The van der Waals surface area contributed by atoms with Gasteiger partial charge in [0, 0.05) is 28.0 Å². The zero-order valence-corrected chi connectivity index (χ0v) is 13.8. The largest absolute Gasteiger partial charge is 0.496 e. The van der Waals surface area contributed by atoms with Gasteiger partial charge in [0.25, 0.3) is 0 Å². The molecular formula is C16H18BrN3O. The SMILES string of the molecule is CNC1CCCc2nc(-c3cc(Br)ccc3OC)ncc21. The van der Waals surface area contributed by atoms with E-state index in [1.165, 1.54) is 5.56 Å². The van der Waals surface area contributed by atoms with Crippen molar-refractivity contribution in [3.8, 4) is 17.1 Å². The Bertz CT molecular complexity index is 660. The molecule has 0 fully saturated rings. The summed E-state index contributed by atoms with van der Waals surface area (Å²) in [4.78, 5) is 9.34. The van der Waals surface area contributed by atoms with Gasteiger partial charge in [0.1, 0.15) is 5.75 Å². The number of nitrogens with one attached hydrogen (secondary N) is 1. The lowest BCUT2D eigenvalue weighted by molar-refractivity contribution is 0.416. The van der Waals surface area contributed by atoms with Gasteiger partial charge >= 0.3 is 0 Å². The maximum Gasteiger partial charge on any atom is 0.163 e. The van der Waals surface area contributed by atoms with E-state index in [0.29, 0.717) is 6.04 Å². The molecule has 0 spiro atoms. The molecule has 1 aromatic carbocycles. The number of aryl methyl sites for hydroxylation is 1. The van der Waals surface area contributed by atoms with Crippen molar-refractivity contribution in [2.24, 2.45) is 0 Å². The van der Waals surface area contributed by atoms with Crippen LogP contribution in [-0.2, 0) is 6.42 Å². The number of benzene rings is 1. The highest BCUT2D eigenvalue weighted by Crippen LogP contribution is 2.33. The van der Waals surface area contributed by atoms with Crippen LogP contribution in [0.5, 0.6) is 5.75 Å². The molecule has 1 N–H and O–H groups in total. The summed E-state index contributed by atoms with van der Waals surface area (Å²) in [6.45, 7) is 0. The van der Waals surface area contributed by atoms with Gasteiger partial charge in [-0.1, -0.05) is 15.9 Å². The summed E-state index contributed by atoms with van der Waals surface area (Å²) in [5.41, 5.74) is 3.29. The standard InChI is InChI=1S/C16H18BrN3O/c1-18-13-4-3-5-14-12(13)9-19-16(20-14)11-8-10(17)6-7-15(11)21-2/h6-9,13,18H,3-5H2,1-2H3. The second kappa shape index (κ2) is 6.12. The lowest BCUT2D eigenvalue weighted by Gasteiger charge is -2.24. The van der Waals surface area contributed by atoms with Crippen molar-refractivity contribution in [3.05, 3.63) is 40.1 Å². The first-order valence-electron chi connectivity index (χ1n) is 7.10. The fourth-order valence-corrected chi connectivity index (χ4v) is 3.19. The van der Waals surface area contributed by atoms with Gasteiger partial charge in [0.05, 0.1) is 12.7 Å². The molecule has 0 aliphatic heterocycles. The number of ether oxygens (including phenoxy) is 1. The summed E-state index contributed by atoms with van der Waals surface area (Å²) in [6.07, 6.45) is 5.27. The molecule has 1 aliphatic carbocycles. The molecular weight excluding hydrogens is 330 g/mol. The maximum absolute atomic E-state index is 5.43. The smallest absolute Gasteiger partial charge is 0.163 e. The van der Waals surface area contributed by atoms with Crippen LogP contribution < -0.4 is 10.1 Å². The minimum atomic E-state index is 0.368. The molecule has 0 saturated carbocycles. The highest BCUT2D eigenvalue weighted by Gasteiger charge is 2.21. The van der Waals surface area contributed by atoms with E-state index in [4.69, 9.17) is 9.72 Å². The quantitative estimate of drug-likeness (QED) is 0.922. The number of nitrogens with zero attached hydrogens (tertiary/aromatic N) is 2. The third-order valence-corrected chi connectivity index (χ3v) is 4.43. The summed E-state index contributed by atoms with van der Waals surface area (Å²) < 4.78 is 6.42. The molecule has 3 rings (SSSR count). The van der Waals surface area contributed by atoms with Crippen molar-refractivity contribution in [2.75, 3.05) is 14.2 Å². The first-order valence-corrected chi connectivity index (χ1v) is 7.89. The van der Waals surface area contributed by atoms with Crippen LogP contribution in [-0.4, -0.2) is 24.1 Å². The van der Waals surface area contributed by atoms with Crippen LogP contribution in [0.25, 0.3) is 11.4 Å². The van der Waals surface area contributed by atoms with E-state index >= 15 is 0 Å². The van der Waals surface area contributed by atoms with Crippen molar-refractivity contribution in [1.29, 1.82) is 0 Å². The Morgan fingerprint density at radius 3 is 3.00 bits per heavy atom. The molecule has 1 atom stereocenters. The molecule has 1 heterocycles. The highest BCUT2D eigenvalue weighted by molar-refractivity contribution is 9.10. The van der Waals surface area contributed by atoms with Crippen molar-refractivity contribution in [1.82, 2.24) is 15.3 Å². The number of aromatic nitrogens is 2. The Hall–Kier alpha value is -1.46. The fraction of sp³-hybridized carbons (Fsp3) is 0.375. The van der Waals surface area contributed by atoms with Gasteiger partial charge in [-0.05, 0) is 44.5 Å². The average molecular weight is 348 g/mol. The van der Waals surface area contributed by atoms with Crippen LogP contribution in [0, 0.1) is 0 Å². The number of fused-ring (bicyclic) bond motifs is 1. The molecule has 1 aliphatic rings. The average Bonchev–Trinajstić information content (AvgIpc) is 2.53. The van der Waals surface area contributed by atoms with E-state index in [0.717, 1.165) is 46.6 Å². The molecule has 2 aromatic rings.